The zero-order valence-electron chi connectivity index (χ0n) is 15.2. The van der Waals surface area contributed by atoms with Gasteiger partial charge in [0.1, 0.15) is 5.82 Å². The third-order valence-electron chi connectivity index (χ3n) is 3.59. The van der Waals surface area contributed by atoms with E-state index in [1.54, 1.807) is 24.5 Å². The summed E-state index contributed by atoms with van der Waals surface area (Å²) < 4.78 is 5.21. The van der Waals surface area contributed by atoms with Gasteiger partial charge in [-0.2, -0.15) is 4.98 Å². The summed E-state index contributed by atoms with van der Waals surface area (Å²) in [7, 11) is 0. The highest BCUT2D eigenvalue weighted by Gasteiger charge is 2.13. The Bertz CT molecular complexity index is 896. The number of nitrogens with zero attached hydrogens (tertiary/aromatic N) is 4. The lowest BCUT2D eigenvalue weighted by atomic mass is 10.2. The molecule has 0 saturated carbocycles. The van der Waals surface area contributed by atoms with Gasteiger partial charge < -0.3 is 20.5 Å². The second kappa shape index (κ2) is 8.75. The molecule has 3 N–H and O–H groups in total. The number of amides is 1. The van der Waals surface area contributed by atoms with Crippen molar-refractivity contribution in [2.45, 2.75) is 13.8 Å². The number of anilines is 2. The Morgan fingerprint density at radius 3 is 2.85 bits per heavy atom. The molecule has 1 amide bonds. The van der Waals surface area contributed by atoms with Crippen molar-refractivity contribution in [2.24, 2.45) is 0 Å². The molecule has 0 spiro atoms. The minimum Gasteiger partial charge on any atom is -0.368 e. The van der Waals surface area contributed by atoms with Gasteiger partial charge in [0.2, 0.25) is 5.95 Å². The fourth-order valence-corrected chi connectivity index (χ4v) is 2.38. The van der Waals surface area contributed by atoms with Crippen molar-refractivity contribution in [3.8, 4) is 11.3 Å². The Morgan fingerprint density at radius 1 is 1.19 bits per heavy atom. The topological polar surface area (TPSA) is 118 Å². The smallest absolute Gasteiger partial charge is 0.273 e. The normalized spacial score (nSPS) is 10.4. The first-order valence-corrected chi connectivity index (χ1v) is 8.64. The monoisotopic (exact) mass is 367 g/mol. The summed E-state index contributed by atoms with van der Waals surface area (Å²) in [6.07, 6.45) is 3.32. The molecular formula is C18H21N7O2. The van der Waals surface area contributed by atoms with Crippen LogP contribution in [0, 0.1) is 6.92 Å². The highest BCUT2D eigenvalue weighted by molar-refractivity contribution is 5.93. The van der Waals surface area contributed by atoms with Gasteiger partial charge in [0.25, 0.3) is 5.91 Å². The van der Waals surface area contributed by atoms with Gasteiger partial charge in [-0.25, -0.2) is 4.98 Å². The quantitative estimate of drug-likeness (QED) is 0.518. The van der Waals surface area contributed by atoms with Gasteiger partial charge >= 0.3 is 0 Å². The number of carbonyl (C=O) groups is 1. The van der Waals surface area contributed by atoms with Crippen molar-refractivity contribution in [3.05, 3.63) is 48.0 Å². The molecule has 0 bridgehead atoms. The molecule has 3 rings (SSSR count). The van der Waals surface area contributed by atoms with Gasteiger partial charge in [0.15, 0.2) is 11.5 Å². The van der Waals surface area contributed by atoms with Crippen LogP contribution in [0.15, 0.2) is 41.2 Å². The Labute approximate surface area is 156 Å². The zero-order valence-corrected chi connectivity index (χ0v) is 15.2. The first kappa shape index (κ1) is 18.3. The van der Waals surface area contributed by atoms with E-state index < -0.39 is 0 Å². The fourth-order valence-electron chi connectivity index (χ4n) is 2.38. The molecule has 0 aliphatic rings. The summed E-state index contributed by atoms with van der Waals surface area (Å²) >= 11 is 0. The lowest BCUT2D eigenvalue weighted by Crippen LogP contribution is -2.29. The zero-order chi connectivity index (χ0) is 19.1. The van der Waals surface area contributed by atoms with Crippen molar-refractivity contribution in [1.29, 1.82) is 0 Å². The van der Waals surface area contributed by atoms with E-state index in [-0.39, 0.29) is 11.6 Å². The van der Waals surface area contributed by atoms with Crippen LogP contribution in [-0.4, -0.2) is 45.7 Å². The number of hydrogen-bond acceptors (Lipinski definition) is 8. The Hall–Kier alpha value is -3.49. The van der Waals surface area contributed by atoms with Crippen molar-refractivity contribution < 1.29 is 9.32 Å². The first-order valence-electron chi connectivity index (χ1n) is 8.64. The molecule has 0 radical (unpaired) electrons. The van der Waals surface area contributed by atoms with E-state index in [1.165, 1.54) is 0 Å². The molecule has 0 unspecified atom stereocenters. The van der Waals surface area contributed by atoms with Crippen LogP contribution >= 0.6 is 0 Å². The maximum Gasteiger partial charge on any atom is 0.273 e. The maximum atomic E-state index is 12.2. The average molecular weight is 367 g/mol. The predicted molar refractivity (Wildman–Crippen MR) is 101 cm³/mol. The Balaban J connectivity index is 1.50. The number of aryl methyl sites for hydroxylation is 1. The lowest BCUT2D eigenvalue weighted by molar-refractivity contribution is 0.0946. The SMILES string of the molecule is CCNc1nc(C)cc(NCCNC(=O)c2cc(-c3cccnc3)on2)n1. The molecule has 0 aliphatic carbocycles. The fraction of sp³-hybridized carbons (Fsp3) is 0.278. The van der Waals surface area contributed by atoms with Gasteiger partial charge in [-0.15, -0.1) is 0 Å². The van der Waals surface area contributed by atoms with Gasteiger partial charge in [-0.3, -0.25) is 9.78 Å². The summed E-state index contributed by atoms with van der Waals surface area (Å²) in [6.45, 7) is 5.56. The summed E-state index contributed by atoms with van der Waals surface area (Å²) in [5, 5.41) is 12.8. The van der Waals surface area contributed by atoms with E-state index in [0.717, 1.165) is 17.8 Å². The summed E-state index contributed by atoms with van der Waals surface area (Å²) in [6, 6.07) is 7.07. The van der Waals surface area contributed by atoms with E-state index in [9.17, 15) is 4.79 Å². The average Bonchev–Trinajstić information content (AvgIpc) is 3.16. The van der Waals surface area contributed by atoms with Crippen LogP contribution in [0.1, 0.15) is 23.1 Å². The van der Waals surface area contributed by atoms with Gasteiger partial charge in [-0.1, -0.05) is 5.16 Å². The molecule has 0 aliphatic heterocycles. The second-order valence-electron chi connectivity index (χ2n) is 5.75. The minimum atomic E-state index is -0.303. The number of rotatable bonds is 8. The Morgan fingerprint density at radius 2 is 2.07 bits per heavy atom. The molecule has 9 nitrogen and oxygen atoms in total. The number of carbonyl (C=O) groups excluding carboxylic acids is 1. The summed E-state index contributed by atoms with van der Waals surface area (Å²) in [5.41, 5.74) is 1.85. The van der Waals surface area contributed by atoms with Crippen LogP contribution in [0.2, 0.25) is 0 Å². The van der Waals surface area contributed by atoms with Crippen LogP contribution in [0.4, 0.5) is 11.8 Å². The van der Waals surface area contributed by atoms with Crippen LogP contribution in [-0.2, 0) is 0 Å². The summed E-state index contributed by atoms with van der Waals surface area (Å²) in [5.74, 6) is 1.48. The molecule has 0 fully saturated rings. The lowest BCUT2D eigenvalue weighted by Gasteiger charge is -2.09. The largest absolute Gasteiger partial charge is 0.368 e. The van der Waals surface area contributed by atoms with E-state index in [2.05, 4.69) is 36.1 Å². The van der Waals surface area contributed by atoms with Crippen LogP contribution < -0.4 is 16.0 Å². The molecule has 3 aromatic rings. The van der Waals surface area contributed by atoms with E-state index >= 15 is 0 Å². The Kier molecular flexibility index (Phi) is 5.93. The van der Waals surface area contributed by atoms with Crippen LogP contribution in [0.5, 0.6) is 0 Å². The van der Waals surface area contributed by atoms with E-state index in [4.69, 9.17) is 4.52 Å². The number of pyridine rings is 1. The van der Waals surface area contributed by atoms with Gasteiger partial charge in [-0.05, 0) is 26.0 Å². The molecule has 0 saturated heterocycles. The van der Waals surface area contributed by atoms with Crippen LogP contribution in [0.3, 0.4) is 0 Å². The second-order valence-corrected chi connectivity index (χ2v) is 5.75. The standard InChI is InChI=1S/C18H21N7O2/c1-3-20-18-23-12(2)9-16(24-18)21-7-8-22-17(26)14-10-15(27-25-14)13-5-4-6-19-11-13/h4-6,9-11H,3,7-8H2,1-2H3,(H,22,26)(H2,20,21,23,24). The van der Waals surface area contributed by atoms with E-state index in [1.807, 2.05) is 26.0 Å². The van der Waals surface area contributed by atoms with Crippen molar-refractivity contribution >= 4 is 17.7 Å². The van der Waals surface area contributed by atoms with Crippen molar-refractivity contribution in [3.63, 3.8) is 0 Å². The number of nitrogens with one attached hydrogen (secondary N) is 3. The first-order chi connectivity index (χ1) is 13.2. The van der Waals surface area contributed by atoms with Gasteiger partial charge in [0, 0.05) is 55.4 Å². The predicted octanol–water partition coefficient (Wildman–Crippen LogP) is 2.11. The molecule has 27 heavy (non-hydrogen) atoms. The highest BCUT2D eigenvalue weighted by atomic mass is 16.5. The molecule has 3 aromatic heterocycles. The highest BCUT2D eigenvalue weighted by Crippen LogP contribution is 2.18. The number of hydrogen-bond donors (Lipinski definition) is 3. The summed E-state index contributed by atoms with van der Waals surface area (Å²) in [4.78, 5) is 24.8. The molecule has 140 valence electrons. The third-order valence-corrected chi connectivity index (χ3v) is 3.59. The molecule has 0 aromatic carbocycles. The van der Waals surface area contributed by atoms with Crippen molar-refractivity contribution in [2.75, 3.05) is 30.3 Å². The minimum absolute atomic E-state index is 0.223. The van der Waals surface area contributed by atoms with E-state index in [0.29, 0.717) is 30.6 Å². The molecular weight excluding hydrogens is 346 g/mol. The van der Waals surface area contributed by atoms with Gasteiger partial charge in [0.05, 0.1) is 0 Å². The van der Waals surface area contributed by atoms with Crippen molar-refractivity contribution in [1.82, 2.24) is 25.4 Å². The third kappa shape index (κ3) is 5.00. The van der Waals surface area contributed by atoms with Crippen LogP contribution in [0.25, 0.3) is 11.3 Å². The molecule has 0 atom stereocenters. The molecule has 9 heteroatoms. The number of aromatic nitrogens is 4. The molecule has 3 heterocycles. The maximum absolute atomic E-state index is 12.2.